The summed E-state index contributed by atoms with van der Waals surface area (Å²) < 4.78 is 0. The minimum Gasteiger partial charge on any atom is -0.358 e. The van der Waals surface area contributed by atoms with Crippen molar-refractivity contribution in [3.05, 3.63) is 0 Å². The third-order valence-corrected chi connectivity index (χ3v) is 4.29. The Morgan fingerprint density at radius 2 is 2.00 bits per heavy atom. The molecule has 1 aliphatic carbocycles. The number of nitrogens with zero attached hydrogens (tertiary/aromatic N) is 1. The predicted octanol–water partition coefficient (Wildman–Crippen LogP) is 0.677. The number of hydrogen-bond acceptors (Lipinski definition) is 3. The molecule has 2 rings (SSSR count). The highest BCUT2D eigenvalue weighted by atomic mass is 35.5. The molecule has 110 valence electrons. The van der Waals surface area contributed by atoms with Gasteiger partial charge in [-0.3, -0.25) is 14.5 Å². The number of rotatable bonds is 4. The normalized spacial score (nSPS) is 25.1. The second-order valence-corrected chi connectivity index (χ2v) is 5.21. The molecule has 0 bridgehead atoms. The molecule has 1 saturated carbocycles. The van der Waals surface area contributed by atoms with Crippen molar-refractivity contribution in [2.45, 2.75) is 50.6 Å². The highest BCUT2D eigenvalue weighted by Crippen LogP contribution is 2.42. The van der Waals surface area contributed by atoms with Gasteiger partial charge in [-0.25, -0.2) is 0 Å². The zero-order valence-corrected chi connectivity index (χ0v) is 12.5. The molecule has 1 aliphatic heterocycles. The predicted molar refractivity (Wildman–Crippen MR) is 76.3 cm³/mol. The molecule has 0 unspecified atom stereocenters. The van der Waals surface area contributed by atoms with Crippen molar-refractivity contribution in [2.75, 3.05) is 20.1 Å². The summed E-state index contributed by atoms with van der Waals surface area (Å²) in [7, 11) is 1.68. The van der Waals surface area contributed by atoms with Gasteiger partial charge >= 0.3 is 0 Å². The Labute approximate surface area is 120 Å². The van der Waals surface area contributed by atoms with E-state index in [-0.39, 0.29) is 30.3 Å². The van der Waals surface area contributed by atoms with Crippen molar-refractivity contribution in [1.29, 1.82) is 0 Å². The van der Waals surface area contributed by atoms with Gasteiger partial charge in [0.1, 0.15) is 5.54 Å². The highest BCUT2D eigenvalue weighted by molar-refractivity contribution is 5.89. The number of nitrogens with one attached hydrogen (secondary N) is 2. The van der Waals surface area contributed by atoms with Gasteiger partial charge in [0.05, 0.1) is 6.04 Å². The summed E-state index contributed by atoms with van der Waals surface area (Å²) in [5.41, 5.74) is -0.416. The van der Waals surface area contributed by atoms with Crippen LogP contribution < -0.4 is 10.6 Å². The zero-order chi connectivity index (χ0) is 13.2. The van der Waals surface area contributed by atoms with E-state index in [1.54, 1.807) is 7.05 Å². The summed E-state index contributed by atoms with van der Waals surface area (Å²) in [6.45, 7) is 3.43. The van der Waals surface area contributed by atoms with E-state index in [2.05, 4.69) is 15.5 Å². The highest BCUT2D eigenvalue weighted by Gasteiger charge is 2.53. The lowest BCUT2D eigenvalue weighted by molar-refractivity contribution is -0.144. The van der Waals surface area contributed by atoms with Gasteiger partial charge in [-0.2, -0.15) is 0 Å². The van der Waals surface area contributed by atoms with Crippen molar-refractivity contribution < 1.29 is 9.59 Å². The van der Waals surface area contributed by atoms with E-state index < -0.39 is 5.54 Å². The maximum atomic E-state index is 12.1. The number of likely N-dealkylation sites (N-methyl/N-ethyl adjacent to an activating group) is 2. The Bertz CT molecular complexity index is 345. The van der Waals surface area contributed by atoms with Crippen molar-refractivity contribution >= 4 is 24.2 Å². The van der Waals surface area contributed by atoms with Crippen molar-refractivity contribution in [1.82, 2.24) is 15.5 Å². The van der Waals surface area contributed by atoms with E-state index in [1.165, 1.54) is 0 Å². The van der Waals surface area contributed by atoms with Crippen LogP contribution in [0.2, 0.25) is 0 Å². The number of carbonyl (C=O) groups is 2. The largest absolute Gasteiger partial charge is 0.358 e. The Morgan fingerprint density at radius 3 is 2.47 bits per heavy atom. The lowest BCUT2D eigenvalue weighted by Crippen LogP contribution is -2.65. The average Bonchev–Trinajstić information content (AvgIpc) is 2.77. The van der Waals surface area contributed by atoms with Gasteiger partial charge in [-0.15, -0.1) is 12.4 Å². The van der Waals surface area contributed by atoms with Crippen LogP contribution in [0.1, 0.15) is 39.0 Å². The van der Waals surface area contributed by atoms with E-state index in [0.717, 1.165) is 38.6 Å². The monoisotopic (exact) mass is 289 g/mol. The summed E-state index contributed by atoms with van der Waals surface area (Å²) in [5.74, 6) is 0.148. The molecule has 2 fully saturated rings. The van der Waals surface area contributed by atoms with Crippen LogP contribution in [-0.4, -0.2) is 48.4 Å². The Kier molecular flexibility index (Phi) is 5.62. The fourth-order valence-electron chi connectivity index (χ4n) is 3.23. The van der Waals surface area contributed by atoms with Crippen LogP contribution in [0, 0.1) is 0 Å². The maximum Gasteiger partial charge on any atom is 0.240 e. The molecule has 19 heavy (non-hydrogen) atoms. The van der Waals surface area contributed by atoms with Gasteiger partial charge in [-0.1, -0.05) is 0 Å². The molecule has 0 aromatic heterocycles. The maximum absolute atomic E-state index is 12.1. The fraction of sp³-hybridized carbons (Fsp3) is 0.846. The van der Waals surface area contributed by atoms with Gasteiger partial charge in [0.15, 0.2) is 0 Å². The smallest absolute Gasteiger partial charge is 0.240 e. The molecule has 6 heteroatoms. The molecule has 5 nitrogen and oxygen atoms in total. The number of hydrogen-bond donors (Lipinski definition) is 2. The third-order valence-electron chi connectivity index (χ3n) is 4.29. The number of halogens is 1. The van der Waals surface area contributed by atoms with E-state index in [4.69, 9.17) is 0 Å². The van der Waals surface area contributed by atoms with E-state index >= 15 is 0 Å². The van der Waals surface area contributed by atoms with Gasteiger partial charge in [0.2, 0.25) is 11.8 Å². The van der Waals surface area contributed by atoms with E-state index in [0.29, 0.717) is 6.54 Å². The molecule has 0 radical (unpaired) electrons. The summed E-state index contributed by atoms with van der Waals surface area (Å²) in [6, 6.07) is -0.123. The van der Waals surface area contributed by atoms with Gasteiger partial charge < -0.3 is 10.6 Å². The van der Waals surface area contributed by atoms with Gasteiger partial charge in [-0.05, 0) is 39.0 Å². The van der Waals surface area contributed by atoms with Crippen LogP contribution in [0.3, 0.4) is 0 Å². The van der Waals surface area contributed by atoms with Crippen molar-refractivity contribution in [2.24, 2.45) is 0 Å². The minimum atomic E-state index is -0.416. The summed E-state index contributed by atoms with van der Waals surface area (Å²) in [6.07, 6.45) is 4.70. The standard InChI is InChI=1S/C13H23N3O2.ClH/c1-3-15-11(17)10-6-4-9-16(10)13(7-5-8-13)12(18)14-2;/h10H,3-9H2,1-2H3,(H,14,18)(H,15,17);1H/t10-;/m0./s1. The molecular weight excluding hydrogens is 266 g/mol. The summed E-state index contributed by atoms with van der Waals surface area (Å²) in [4.78, 5) is 26.4. The SMILES string of the molecule is CCNC(=O)[C@@H]1CCCN1C1(C(=O)NC)CCC1.Cl. The third kappa shape index (κ3) is 2.72. The Hall–Kier alpha value is -0.810. The first-order chi connectivity index (χ1) is 8.65. The topological polar surface area (TPSA) is 61.4 Å². The quantitative estimate of drug-likeness (QED) is 0.800. The van der Waals surface area contributed by atoms with Gasteiger partial charge in [0.25, 0.3) is 0 Å². The number of carbonyl (C=O) groups excluding carboxylic acids is 2. The molecule has 0 aromatic rings. The summed E-state index contributed by atoms with van der Waals surface area (Å²) in [5, 5.41) is 5.65. The second kappa shape index (κ2) is 6.57. The van der Waals surface area contributed by atoms with Crippen LogP contribution in [0.25, 0.3) is 0 Å². The van der Waals surface area contributed by atoms with E-state index in [9.17, 15) is 9.59 Å². The minimum absolute atomic E-state index is 0. The van der Waals surface area contributed by atoms with Crippen molar-refractivity contribution in [3.8, 4) is 0 Å². The lowest BCUT2D eigenvalue weighted by Gasteiger charge is -2.48. The first kappa shape index (κ1) is 16.2. The Morgan fingerprint density at radius 1 is 1.32 bits per heavy atom. The molecule has 2 aliphatic rings. The van der Waals surface area contributed by atoms with Gasteiger partial charge in [0, 0.05) is 20.1 Å². The second-order valence-electron chi connectivity index (χ2n) is 5.21. The van der Waals surface area contributed by atoms with Crippen LogP contribution in [-0.2, 0) is 9.59 Å². The van der Waals surface area contributed by atoms with Crippen LogP contribution in [0.15, 0.2) is 0 Å². The molecule has 1 atom stereocenters. The van der Waals surface area contributed by atoms with Crippen molar-refractivity contribution in [3.63, 3.8) is 0 Å². The zero-order valence-electron chi connectivity index (χ0n) is 11.7. The van der Waals surface area contributed by atoms with Crippen LogP contribution >= 0.6 is 12.4 Å². The average molecular weight is 290 g/mol. The molecule has 1 saturated heterocycles. The molecular formula is C13H24ClN3O2. The molecule has 2 amide bonds. The molecule has 2 N–H and O–H groups in total. The fourth-order valence-corrected chi connectivity index (χ4v) is 3.23. The summed E-state index contributed by atoms with van der Waals surface area (Å²) >= 11 is 0. The Balaban J connectivity index is 0.00000180. The first-order valence-electron chi connectivity index (χ1n) is 6.92. The number of amides is 2. The van der Waals surface area contributed by atoms with Crippen LogP contribution in [0.4, 0.5) is 0 Å². The number of likely N-dealkylation sites (tertiary alicyclic amines) is 1. The lowest BCUT2D eigenvalue weighted by atomic mass is 9.74. The molecule has 1 heterocycles. The van der Waals surface area contributed by atoms with Crippen LogP contribution in [0.5, 0.6) is 0 Å². The molecule has 0 spiro atoms. The first-order valence-corrected chi connectivity index (χ1v) is 6.92. The molecule has 0 aromatic carbocycles. The van der Waals surface area contributed by atoms with E-state index in [1.807, 2.05) is 6.92 Å².